The highest BCUT2D eigenvalue weighted by molar-refractivity contribution is 7.94. The van der Waals surface area contributed by atoms with E-state index in [0.29, 0.717) is 18.8 Å². The van der Waals surface area contributed by atoms with Crippen LogP contribution in [0.3, 0.4) is 0 Å². The summed E-state index contributed by atoms with van der Waals surface area (Å²) in [5.74, 6) is 0.445. The number of carbonyl (C=O) groups is 1. The molecule has 0 heterocycles. The highest BCUT2D eigenvalue weighted by Gasteiger charge is 2.12. The smallest absolute Gasteiger partial charge is 0.199 e. The molecule has 0 fully saturated rings. The first-order valence-corrected chi connectivity index (χ1v) is 8.36. The van der Waals surface area contributed by atoms with Crippen LogP contribution in [0.1, 0.15) is 33.6 Å². The van der Waals surface area contributed by atoms with Crippen LogP contribution in [-0.2, 0) is 14.6 Å². The highest BCUT2D eigenvalue weighted by Crippen LogP contribution is 2.15. The Hall–Kier alpha value is -1.42. The summed E-state index contributed by atoms with van der Waals surface area (Å²) in [5.41, 5.74) is 0. The van der Waals surface area contributed by atoms with E-state index in [9.17, 15) is 13.2 Å². The molecule has 4 heteroatoms. The monoisotopic (exact) mass is 294 g/mol. The first-order chi connectivity index (χ1) is 9.31. The van der Waals surface area contributed by atoms with Crippen LogP contribution in [0.5, 0.6) is 0 Å². The third-order valence-electron chi connectivity index (χ3n) is 2.84. The van der Waals surface area contributed by atoms with E-state index in [2.05, 4.69) is 0 Å². The van der Waals surface area contributed by atoms with E-state index >= 15 is 0 Å². The molecule has 0 saturated carbocycles. The molecule has 0 aliphatic carbocycles. The van der Waals surface area contributed by atoms with Crippen LogP contribution in [0.25, 0.3) is 0 Å². The van der Waals surface area contributed by atoms with E-state index in [0.717, 1.165) is 0 Å². The van der Waals surface area contributed by atoms with Crippen LogP contribution >= 0.6 is 0 Å². The van der Waals surface area contributed by atoms with Crippen LogP contribution in [0.15, 0.2) is 46.7 Å². The van der Waals surface area contributed by atoms with Crippen LogP contribution in [-0.4, -0.2) is 14.2 Å². The molecule has 0 amide bonds. The minimum absolute atomic E-state index is 0.0697. The Balaban J connectivity index is 2.66. The van der Waals surface area contributed by atoms with Crippen molar-refractivity contribution >= 4 is 15.6 Å². The van der Waals surface area contributed by atoms with Crippen LogP contribution in [0, 0.1) is 11.8 Å². The van der Waals surface area contributed by atoms with Crippen LogP contribution < -0.4 is 0 Å². The molecule has 0 N–H and O–H groups in total. The summed E-state index contributed by atoms with van der Waals surface area (Å²) in [6, 6.07) is 8.28. The van der Waals surface area contributed by atoms with E-state index in [4.69, 9.17) is 0 Å². The van der Waals surface area contributed by atoms with Gasteiger partial charge in [-0.15, -0.1) is 0 Å². The molecule has 1 rings (SSSR count). The summed E-state index contributed by atoms with van der Waals surface area (Å²) in [5, 5.41) is 1.20. The first kappa shape index (κ1) is 16.6. The molecule has 20 heavy (non-hydrogen) atoms. The number of ketones is 1. The standard InChI is InChI=1S/C16H22O3S/c1-13(2)11-15(17)12-14(3)9-10-20(18,19)16-7-5-4-6-8-16/h4-10,13-14H,11-12H2,1-3H3/b10-9+/t14-/m0/s1. The second-order valence-electron chi connectivity index (χ2n) is 5.50. The van der Waals surface area contributed by atoms with Gasteiger partial charge in [0.05, 0.1) is 4.90 Å². The van der Waals surface area contributed by atoms with Gasteiger partial charge in [0.25, 0.3) is 0 Å². The van der Waals surface area contributed by atoms with Gasteiger partial charge in [-0.25, -0.2) is 8.42 Å². The van der Waals surface area contributed by atoms with Gasteiger partial charge in [-0.3, -0.25) is 4.79 Å². The van der Waals surface area contributed by atoms with Gasteiger partial charge in [-0.1, -0.05) is 45.0 Å². The third kappa shape index (κ3) is 5.70. The minimum atomic E-state index is -3.41. The molecule has 110 valence electrons. The molecular weight excluding hydrogens is 272 g/mol. The zero-order valence-corrected chi connectivity index (χ0v) is 13.1. The first-order valence-electron chi connectivity index (χ1n) is 6.81. The van der Waals surface area contributed by atoms with Crippen molar-refractivity contribution in [1.82, 2.24) is 0 Å². The second-order valence-corrected chi connectivity index (χ2v) is 7.34. The predicted octanol–water partition coefficient (Wildman–Crippen LogP) is 3.62. The van der Waals surface area contributed by atoms with Gasteiger partial charge in [-0.2, -0.15) is 0 Å². The Morgan fingerprint density at radius 3 is 2.25 bits per heavy atom. The SMILES string of the molecule is CC(C)CC(=O)C[C@@H](C)/C=C/S(=O)(=O)c1ccccc1. The molecule has 0 bridgehead atoms. The Morgan fingerprint density at radius 2 is 1.70 bits per heavy atom. The molecule has 0 aliphatic rings. The Labute approximate surface area is 121 Å². The van der Waals surface area contributed by atoms with Gasteiger partial charge in [0.2, 0.25) is 0 Å². The molecule has 0 unspecified atom stereocenters. The molecule has 0 aliphatic heterocycles. The lowest BCUT2D eigenvalue weighted by Crippen LogP contribution is -2.07. The van der Waals surface area contributed by atoms with Crippen molar-refractivity contribution in [2.24, 2.45) is 11.8 Å². The van der Waals surface area contributed by atoms with E-state index in [1.807, 2.05) is 20.8 Å². The van der Waals surface area contributed by atoms with Crippen LogP contribution in [0.4, 0.5) is 0 Å². The average Bonchev–Trinajstić information content (AvgIpc) is 2.36. The summed E-state index contributed by atoms with van der Waals surface area (Å²) in [6.07, 6.45) is 2.53. The van der Waals surface area contributed by atoms with E-state index in [-0.39, 0.29) is 16.6 Å². The van der Waals surface area contributed by atoms with Crippen molar-refractivity contribution in [1.29, 1.82) is 0 Å². The number of hydrogen-bond donors (Lipinski definition) is 0. The number of carbonyl (C=O) groups excluding carboxylic acids is 1. The zero-order valence-electron chi connectivity index (χ0n) is 12.2. The molecular formula is C16H22O3S. The predicted molar refractivity (Wildman–Crippen MR) is 81.0 cm³/mol. The van der Waals surface area contributed by atoms with Crippen LogP contribution in [0.2, 0.25) is 0 Å². The number of Topliss-reactive ketones (excluding diaryl/α,β-unsaturated/α-hetero) is 1. The van der Waals surface area contributed by atoms with Crippen molar-refractivity contribution in [3.05, 3.63) is 41.8 Å². The molecule has 1 aromatic rings. The normalized spacial score (nSPS) is 13.8. The summed E-state index contributed by atoms with van der Waals surface area (Å²) >= 11 is 0. The number of sulfone groups is 1. The maximum absolute atomic E-state index is 12.0. The molecule has 0 aromatic heterocycles. The van der Waals surface area contributed by atoms with Gasteiger partial charge < -0.3 is 0 Å². The molecule has 1 aromatic carbocycles. The van der Waals surface area contributed by atoms with E-state index < -0.39 is 9.84 Å². The van der Waals surface area contributed by atoms with Gasteiger partial charge >= 0.3 is 0 Å². The fourth-order valence-electron chi connectivity index (χ4n) is 1.89. The zero-order chi connectivity index (χ0) is 15.2. The number of rotatable bonds is 7. The Kier molecular flexibility index (Phi) is 6.14. The summed E-state index contributed by atoms with van der Waals surface area (Å²) in [6.45, 7) is 5.85. The lowest BCUT2D eigenvalue weighted by Gasteiger charge is -2.07. The molecule has 0 radical (unpaired) electrons. The Morgan fingerprint density at radius 1 is 1.10 bits per heavy atom. The largest absolute Gasteiger partial charge is 0.300 e. The van der Waals surface area contributed by atoms with E-state index in [1.54, 1.807) is 36.4 Å². The minimum Gasteiger partial charge on any atom is -0.300 e. The van der Waals surface area contributed by atoms with Crippen molar-refractivity contribution in [3.8, 4) is 0 Å². The van der Waals surface area contributed by atoms with Gasteiger partial charge in [0.1, 0.15) is 5.78 Å². The summed E-state index contributed by atoms with van der Waals surface area (Å²) in [4.78, 5) is 12.0. The van der Waals surface area contributed by atoms with Crippen molar-refractivity contribution < 1.29 is 13.2 Å². The number of hydrogen-bond acceptors (Lipinski definition) is 3. The van der Waals surface area contributed by atoms with E-state index in [1.165, 1.54) is 5.41 Å². The van der Waals surface area contributed by atoms with Gasteiger partial charge in [0.15, 0.2) is 9.84 Å². The maximum atomic E-state index is 12.0. The molecule has 3 nitrogen and oxygen atoms in total. The van der Waals surface area contributed by atoms with Gasteiger partial charge in [0, 0.05) is 18.2 Å². The summed E-state index contributed by atoms with van der Waals surface area (Å²) < 4.78 is 24.1. The second kappa shape index (κ2) is 7.39. The number of allylic oxidation sites excluding steroid dienone is 1. The van der Waals surface area contributed by atoms with Crippen molar-refractivity contribution in [2.75, 3.05) is 0 Å². The fourth-order valence-corrected chi connectivity index (χ4v) is 3.06. The molecule has 0 saturated heterocycles. The lowest BCUT2D eigenvalue weighted by atomic mass is 9.99. The van der Waals surface area contributed by atoms with Gasteiger partial charge in [-0.05, 0) is 24.0 Å². The highest BCUT2D eigenvalue weighted by atomic mass is 32.2. The number of benzene rings is 1. The third-order valence-corrected chi connectivity index (χ3v) is 4.29. The fraction of sp³-hybridized carbons (Fsp3) is 0.438. The maximum Gasteiger partial charge on any atom is 0.199 e. The molecule has 0 spiro atoms. The Bertz CT molecular complexity index is 557. The summed E-state index contributed by atoms with van der Waals surface area (Å²) in [7, 11) is -3.41. The topological polar surface area (TPSA) is 51.2 Å². The average molecular weight is 294 g/mol. The van der Waals surface area contributed by atoms with Crippen molar-refractivity contribution in [2.45, 2.75) is 38.5 Å². The lowest BCUT2D eigenvalue weighted by molar-refractivity contribution is -0.120. The quantitative estimate of drug-likeness (QED) is 0.772. The molecule has 1 atom stereocenters. The van der Waals surface area contributed by atoms with Crippen molar-refractivity contribution in [3.63, 3.8) is 0 Å².